The monoisotopic (exact) mass is 367 g/mol. The van der Waals surface area contributed by atoms with E-state index in [2.05, 4.69) is 5.32 Å². The number of methoxy groups -OCH3 is 1. The first-order valence-electron chi connectivity index (χ1n) is 9.12. The zero-order chi connectivity index (χ0) is 19.4. The number of nitrogens with two attached hydrogens (primary N) is 1. The molecule has 3 rings (SSSR count). The zero-order valence-corrected chi connectivity index (χ0v) is 15.6. The molecule has 0 radical (unpaired) electrons. The number of likely N-dealkylation sites (tertiary alicyclic amines) is 1. The van der Waals surface area contributed by atoms with Crippen LogP contribution in [0.1, 0.15) is 23.7 Å². The van der Waals surface area contributed by atoms with E-state index in [0.29, 0.717) is 25.1 Å². The summed E-state index contributed by atoms with van der Waals surface area (Å²) in [5.74, 6) is 0.428. The van der Waals surface area contributed by atoms with Crippen LogP contribution in [0.4, 0.5) is 0 Å². The van der Waals surface area contributed by atoms with Crippen molar-refractivity contribution in [1.82, 2.24) is 10.2 Å². The fraction of sp³-hybridized carbons (Fsp3) is 0.333. The molecule has 1 heterocycles. The third-order valence-electron chi connectivity index (χ3n) is 4.76. The molecule has 2 amide bonds. The Balaban J connectivity index is 1.87. The Labute approximate surface area is 159 Å². The van der Waals surface area contributed by atoms with Crippen molar-refractivity contribution < 1.29 is 14.3 Å². The molecule has 0 bridgehead atoms. The first kappa shape index (κ1) is 18.9. The van der Waals surface area contributed by atoms with E-state index in [4.69, 9.17) is 10.5 Å². The van der Waals surface area contributed by atoms with Gasteiger partial charge in [-0.15, -0.1) is 0 Å². The summed E-state index contributed by atoms with van der Waals surface area (Å²) in [6.07, 6.45) is 0.479. The Bertz CT molecular complexity index is 837. The Morgan fingerprint density at radius 2 is 1.89 bits per heavy atom. The Hall–Kier alpha value is -2.86. The molecule has 0 saturated carbocycles. The predicted octanol–water partition coefficient (Wildman–Crippen LogP) is 2.04. The van der Waals surface area contributed by atoms with Gasteiger partial charge in [-0.25, -0.2) is 0 Å². The third kappa shape index (κ3) is 4.11. The lowest BCUT2D eigenvalue weighted by atomic mass is 10.0. The highest BCUT2D eigenvalue weighted by molar-refractivity contribution is 5.99. The standard InChI is InChI=1S/C21H25N3O3/c1-3-23-20(25)19-12-17(22)13-24(19)21(26)16-8-4-6-14(10-16)15-7-5-9-18(11-15)27-2/h4-11,17,19H,3,12-13,22H2,1-2H3,(H,23,25). The van der Waals surface area contributed by atoms with Crippen molar-refractivity contribution in [3.63, 3.8) is 0 Å². The van der Waals surface area contributed by atoms with Gasteiger partial charge in [0.05, 0.1) is 7.11 Å². The van der Waals surface area contributed by atoms with Crippen molar-refractivity contribution >= 4 is 11.8 Å². The van der Waals surface area contributed by atoms with Gasteiger partial charge < -0.3 is 20.7 Å². The van der Waals surface area contributed by atoms with E-state index in [9.17, 15) is 9.59 Å². The van der Waals surface area contributed by atoms with Gasteiger partial charge in [0.1, 0.15) is 11.8 Å². The van der Waals surface area contributed by atoms with Crippen molar-refractivity contribution in [2.45, 2.75) is 25.4 Å². The molecule has 2 atom stereocenters. The van der Waals surface area contributed by atoms with Crippen molar-refractivity contribution in [1.29, 1.82) is 0 Å². The minimum Gasteiger partial charge on any atom is -0.497 e. The van der Waals surface area contributed by atoms with E-state index in [1.165, 1.54) is 0 Å². The number of carbonyl (C=O) groups excluding carboxylic acids is 2. The Kier molecular flexibility index (Phi) is 5.76. The van der Waals surface area contributed by atoms with Crippen LogP contribution in [0.3, 0.4) is 0 Å². The second-order valence-electron chi connectivity index (χ2n) is 6.68. The van der Waals surface area contributed by atoms with E-state index < -0.39 is 6.04 Å². The van der Waals surface area contributed by atoms with Crippen molar-refractivity contribution in [3.05, 3.63) is 54.1 Å². The first-order chi connectivity index (χ1) is 13.0. The quantitative estimate of drug-likeness (QED) is 0.847. The molecule has 1 aliphatic rings. The molecule has 0 spiro atoms. The van der Waals surface area contributed by atoms with Crippen LogP contribution in [0, 0.1) is 0 Å². The summed E-state index contributed by atoms with van der Waals surface area (Å²) in [6, 6.07) is 14.4. The Morgan fingerprint density at radius 3 is 2.59 bits per heavy atom. The smallest absolute Gasteiger partial charge is 0.254 e. The largest absolute Gasteiger partial charge is 0.497 e. The normalized spacial score (nSPS) is 19.0. The summed E-state index contributed by atoms with van der Waals surface area (Å²) < 4.78 is 5.28. The topological polar surface area (TPSA) is 84.7 Å². The highest BCUT2D eigenvalue weighted by Crippen LogP contribution is 2.26. The molecule has 2 aromatic rings. The number of rotatable bonds is 5. The van der Waals surface area contributed by atoms with Gasteiger partial charge in [-0.3, -0.25) is 9.59 Å². The van der Waals surface area contributed by atoms with Crippen molar-refractivity contribution in [2.75, 3.05) is 20.2 Å². The minimum atomic E-state index is -0.520. The Morgan fingerprint density at radius 1 is 1.19 bits per heavy atom. The molecule has 0 aromatic heterocycles. The molecule has 142 valence electrons. The molecule has 1 saturated heterocycles. The molecule has 3 N–H and O–H groups in total. The maximum Gasteiger partial charge on any atom is 0.254 e. The number of amides is 2. The molecule has 6 heteroatoms. The molecule has 27 heavy (non-hydrogen) atoms. The molecule has 1 fully saturated rings. The summed E-state index contributed by atoms with van der Waals surface area (Å²) in [5, 5.41) is 2.79. The van der Waals surface area contributed by atoms with Gasteiger partial charge in [-0.05, 0) is 48.7 Å². The summed E-state index contributed by atoms with van der Waals surface area (Å²) in [5.41, 5.74) is 8.45. The van der Waals surface area contributed by atoms with Gasteiger partial charge in [-0.1, -0.05) is 24.3 Å². The molecule has 2 unspecified atom stereocenters. The molecular weight excluding hydrogens is 342 g/mol. The van der Waals surface area contributed by atoms with Gasteiger partial charge in [-0.2, -0.15) is 0 Å². The van der Waals surface area contributed by atoms with Crippen LogP contribution in [-0.4, -0.2) is 49.0 Å². The maximum atomic E-state index is 13.1. The number of nitrogens with one attached hydrogen (secondary N) is 1. The molecule has 2 aromatic carbocycles. The lowest BCUT2D eigenvalue weighted by Gasteiger charge is -2.24. The van der Waals surface area contributed by atoms with Crippen LogP contribution >= 0.6 is 0 Å². The number of hydrogen-bond donors (Lipinski definition) is 2. The lowest BCUT2D eigenvalue weighted by Crippen LogP contribution is -2.45. The summed E-state index contributed by atoms with van der Waals surface area (Å²) in [7, 11) is 1.62. The number of hydrogen-bond acceptors (Lipinski definition) is 4. The summed E-state index contributed by atoms with van der Waals surface area (Å²) >= 11 is 0. The highest BCUT2D eigenvalue weighted by Gasteiger charge is 2.38. The van der Waals surface area contributed by atoms with Gasteiger partial charge in [0.25, 0.3) is 5.91 Å². The summed E-state index contributed by atoms with van der Waals surface area (Å²) in [4.78, 5) is 27.0. The first-order valence-corrected chi connectivity index (χ1v) is 9.12. The number of likely N-dealkylation sites (N-methyl/N-ethyl adjacent to an activating group) is 1. The number of ether oxygens (including phenoxy) is 1. The van der Waals surface area contributed by atoms with Crippen LogP contribution in [0.2, 0.25) is 0 Å². The fourth-order valence-electron chi connectivity index (χ4n) is 3.43. The third-order valence-corrected chi connectivity index (χ3v) is 4.76. The van der Waals surface area contributed by atoms with Crippen LogP contribution in [0.25, 0.3) is 11.1 Å². The van der Waals surface area contributed by atoms with Crippen LogP contribution in [-0.2, 0) is 4.79 Å². The molecular formula is C21H25N3O3. The van der Waals surface area contributed by atoms with E-state index in [0.717, 1.165) is 16.9 Å². The van der Waals surface area contributed by atoms with Gasteiger partial charge in [0.2, 0.25) is 5.91 Å². The highest BCUT2D eigenvalue weighted by atomic mass is 16.5. The number of carbonyl (C=O) groups is 2. The second kappa shape index (κ2) is 8.22. The molecule has 1 aliphatic heterocycles. The molecule has 6 nitrogen and oxygen atoms in total. The SMILES string of the molecule is CCNC(=O)C1CC(N)CN1C(=O)c1cccc(-c2cccc(OC)c2)c1. The maximum absolute atomic E-state index is 13.1. The van der Waals surface area contributed by atoms with Crippen molar-refractivity contribution in [3.8, 4) is 16.9 Å². The zero-order valence-electron chi connectivity index (χ0n) is 15.6. The second-order valence-corrected chi connectivity index (χ2v) is 6.68. The summed E-state index contributed by atoms with van der Waals surface area (Å²) in [6.45, 7) is 2.76. The fourth-order valence-corrected chi connectivity index (χ4v) is 3.43. The molecule has 0 aliphatic carbocycles. The minimum absolute atomic E-state index is 0.150. The number of nitrogens with zero attached hydrogens (tertiary/aromatic N) is 1. The van der Waals surface area contributed by atoms with Crippen LogP contribution in [0.15, 0.2) is 48.5 Å². The average molecular weight is 367 g/mol. The van der Waals surface area contributed by atoms with E-state index in [-0.39, 0.29) is 17.9 Å². The van der Waals surface area contributed by atoms with Crippen molar-refractivity contribution in [2.24, 2.45) is 5.73 Å². The van der Waals surface area contributed by atoms with Gasteiger partial charge in [0, 0.05) is 24.7 Å². The predicted molar refractivity (Wildman–Crippen MR) is 105 cm³/mol. The van der Waals surface area contributed by atoms with Crippen LogP contribution in [0.5, 0.6) is 5.75 Å². The number of benzene rings is 2. The lowest BCUT2D eigenvalue weighted by molar-refractivity contribution is -0.124. The van der Waals surface area contributed by atoms with E-state index in [1.54, 1.807) is 18.1 Å². The van der Waals surface area contributed by atoms with Gasteiger partial charge >= 0.3 is 0 Å². The van der Waals surface area contributed by atoms with Gasteiger partial charge in [0.15, 0.2) is 0 Å². The van der Waals surface area contributed by atoms with E-state index in [1.807, 2.05) is 49.4 Å². The van der Waals surface area contributed by atoms with E-state index >= 15 is 0 Å². The average Bonchev–Trinajstić information content (AvgIpc) is 3.09. The van der Waals surface area contributed by atoms with Crippen LogP contribution < -0.4 is 15.8 Å².